The third-order valence-electron chi connectivity index (χ3n) is 3.09. The molecule has 0 saturated carbocycles. The molecule has 1 heterocycles. The minimum Gasteiger partial charge on any atom is -0.463 e. The zero-order chi connectivity index (χ0) is 13.4. The van der Waals surface area contributed by atoms with Crippen molar-refractivity contribution < 1.29 is 4.42 Å². The van der Waals surface area contributed by atoms with Crippen molar-refractivity contribution in [3.63, 3.8) is 0 Å². The second-order valence-electron chi connectivity index (χ2n) is 4.49. The molecule has 3 heteroatoms. The predicted molar refractivity (Wildman–Crippen MR) is 80.4 cm³/mol. The Balaban J connectivity index is 2.26. The Bertz CT molecular complexity index is 801. The van der Waals surface area contributed by atoms with Gasteiger partial charge in [0.2, 0.25) is 0 Å². The number of hydrogen-bond donors (Lipinski definition) is 0. The molecular formula is C16H11BrO2. The molecule has 0 atom stereocenters. The summed E-state index contributed by atoms with van der Waals surface area (Å²) in [4.78, 5) is 12.5. The van der Waals surface area contributed by atoms with Gasteiger partial charge in [0.15, 0.2) is 5.43 Å². The van der Waals surface area contributed by atoms with Gasteiger partial charge in [-0.3, -0.25) is 4.79 Å². The monoisotopic (exact) mass is 314 g/mol. The van der Waals surface area contributed by atoms with E-state index in [0.29, 0.717) is 16.5 Å². The lowest BCUT2D eigenvalue weighted by atomic mass is 10.1. The summed E-state index contributed by atoms with van der Waals surface area (Å²) in [6, 6.07) is 13.2. The molecule has 1 aromatic heterocycles. The highest BCUT2D eigenvalue weighted by atomic mass is 79.9. The lowest BCUT2D eigenvalue weighted by molar-refractivity contribution is 0.604. The van der Waals surface area contributed by atoms with Gasteiger partial charge in [0.05, 0.1) is 10.9 Å². The van der Waals surface area contributed by atoms with Crippen LogP contribution in [0.5, 0.6) is 0 Å². The molecule has 0 bridgehead atoms. The fourth-order valence-corrected chi connectivity index (χ4v) is 2.33. The van der Waals surface area contributed by atoms with Gasteiger partial charge < -0.3 is 4.42 Å². The third kappa shape index (κ3) is 2.22. The van der Waals surface area contributed by atoms with Crippen LogP contribution in [0.2, 0.25) is 0 Å². The van der Waals surface area contributed by atoms with Crippen molar-refractivity contribution in [2.45, 2.75) is 6.92 Å². The molecule has 0 N–H and O–H groups in total. The van der Waals surface area contributed by atoms with Crippen molar-refractivity contribution in [1.29, 1.82) is 0 Å². The summed E-state index contributed by atoms with van der Waals surface area (Å²) in [6.07, 6.45) is 1.54. The first-order chi connectivity index (χ1) is 9.15. The Morgan fingerprint density at radius 2 is 1.79 bits per heavy atom. The summed E-state index contributed by atoms with van der Waals surface area (Å²) in [7, 11) is 0. The van der Waals surface area contributed by atoms with Gasteiger partial charge in [0.25, 0.3) is 0 Å². The second-order valence-corrected chi connectivity index (χ2v) is 5.40. The van der Waals surface area contributed by atoms with Crippen LogP contribution in [-0.4, -0.2) is 0 Å². The summed E-state index contributed by atoms with van der Waals surface area (Å²) >= 11 is 3.38. The number of fused-ring (bicyclic) bond motifs is 1. The molecule has 0 saturated heterocycles. The molecular weight excluding hydrogens is 304 g/mol. The maximum Gasteiger partial charge on any atom is 0.200 e. The van der Waals surface area contributed by atoms with Crippen LogP contribution >= 0.6 is 15.9 Å². The molecule has 0 aliphatic heterocycles. The van der Waals surface area contributed by atoms with E-state index < -0.39 is 0 Å². The van der Waals surface area contributed by atoms with Crippen LogP contribution in [0.25, 0.3) is 22.1 Å². The number of halogens is 1. The summed E-state index contributed by atoms with van der Waals surface area (Å²) in [5.41, 5.74) is 3.16. The van der Waals surface area contributed by atoms with E-state index in [0.717, 1.165) is 15.6 Å². The van der Waals surface area contributed by atoms with E-state index in [2.05, 4.69) is 15.9 Å². The van der Waals surface area contributed by atoms with Crippen molar-refractivity contribution in [1.82, 2.24) is 0 Å². The van der Waals surface area contributed by atoms with Gasteiger partial charge in [-0.05, 0) is 42.3 Å². The van der Waals surface area contributed by atoms with Crippen LogP contribution in [0.4, 0.5) is 0 Å². The average molecular weight is 315 g/mol. The van der Waals surface area contributed by atoms with Crippen LogP contribution in [0.1, 0.15) is 5.56 Å². The summed E-state index contributed by atoms with van der Waals surface area (Å²) in [5, 5.41) is 0.617. The van der Waals surface area contributed by atoms with Gasteiger partial charge in [0.1, 0.15) is 11.8 Å². The Hall–Kier alpha value is -1.87. The Morgan fingerprint density at radius 3 is 2.53 bits per heavy atom. The Kier molecular flexibility index (Phi) is 2.99. The third-order valence-corrected chi connectivity index (χ3v) is 3.61. The largest absolute Gasteiger partial charge is 0.463 e. The van der Waals surface area contributed by atoms with E-state index in [1.807, 2.05) is 49.4 Å². The lowest BCUT2D eigenvalue weighted by Crippen LogP contribution is -2.04. The molecule has 2 aromatic carbocycles. The van der Waals surface area contributed by atoms with E-state index in [9.17, 15) is 4.79 Å². The predicted octanol–water partition coefficient (Wildman–Crippen LogP) is 4.53. The summed E-state index contributed by atoms with van der Waals surface area (Å²) in [6.45, 7) is 1.97. The van der Waals surface area contributed by atoms with Crippen molar-refractivity contribution in [3.05, 3.63) is 69.0 Å². The van der Waals surface area contributed by atoms with Crippen molar-refractivity contribution >= 4 is 26.9 Å². The highest BCUT2D eigenvalue weighted by Gasteiger charge is 2.08. The smallest absolute Gasteiger partial charge is 0.200 e. The zero-order valence-electron chi connectivity index (χ0n) is 10.3. The quantitative estimate of drug-likeness (QED) is 0.660. The van der Waals surface area contributed by atoms with Gasteiger partial charge in [-0.2, -0.15) is 0 Å². The first-order valence-electron chi connectivity index (χ1n) is 5.93. The van der Waals surface area contributed by atoms with Crippen LogP contribution in [0.3, 0.4) is 0 Å². The maximum absolute atomic E-state index is 12.5. The molecule has 0 radical (unpaired) electrons. The molecule has 0 aliphatic rings. The topological polar surface area (TPSA) is 30.2 Å². The maximum atomic E-state index is 12.5. The van der Waals surface area contributed by atoms with Gasteiger partial charge in [-0.1, -0.05) is 34.1 Å². The first kappa shape index (κ1) is 12.2. The number of aryl methyl sites for hydroxylation is 1. The fourth-order valence-electron chi connectivity index (χ4n) is 2.06. The summed E-state index contributed by atoms with van der Waals surface area (Å²) < 4.78 is 6.56. The standard InChI is InChI=1S/C16H11BrO2/c1-10-2-7-13-15(8-10)19-9-14(16(13)18)11-3-5-12(17)6-4-11/h2-9H,1H3. The molecule has 19 heavy (non-hydrogen) atoms. The van der Waals surface area contributed by atoms with E-state index in [1.165, 1.54) is 6.26 Å². The number of rotatable bonds is 1. The van der Waals surface area contributed by atoms with Gasteiger partial charge >= 0.3 is 0 Å². The molecule has 94 valence electrons. The number of benzene rings is 2. The van der Waals surface area contributed by atoms with E-state index in [-0.39, 0.29) is 5.43 Å². The molecule has 0 amide bonds. The lowest BCUT2D eigenvalue weighted by Gasteiger charge is -2.03. The van der Waals surface area contributed by atoms with Crippen LogP contribution in [0.15, 0.2) is 62.4 Å². The molecule has 2 nitrogen and oxygen atoms in total. The second kappa shape index (κ2) is 4.67. The highest BCUT2D eigenvalue weighted by Crippen LogP contribution is 2.22. The van der Waals surface area contributed by atoms with Crippen molar-refractivity contribution in [3.8, 4) is 11.1 Å². The Morgan fingerprint density at radius 1 is 1.05 bits per heavy atom. The molecule has 0 unspecified atom stereocenters. The van der Waals surface area contributed by atoms with E-state index >= 15 is 0 Å². The average Bonchev–Trinajstić information content (AvgIpc) is 2.40. The molecule has 3 rings (SSSR count). The van der Waals surface area contributed by atoms with Crippen LogP contribution < -0.4 is 5.43 Å². The van der Waals surface area contributed by atoms with Gasteiger partial charge in [-0.15, -0.1) is 0 Å². The normalized spacial score (nSPS) is 10.8. The van der Waals surface area contributed by atoms with Crippen LogP contribution in [0, 0.1) is 6.92 Å². The van der Waals surface area contributed by atoms with Crippen LogP contribution in [-0.2, 0) is 0 Å². The highest BCUT2D eigenvalue weighted by molar-refractivity contribution is 9.10. The molecule has 3 aromatic rings. The van der Waals surface area contributed by atoms with Crippen molar-refractivity contribution in [2.24, 2.45) is 0 Å². The molecule has 0 fully saturated rings. The van der Waals surface area contributed by atoms with Crippen molar-refractivity contribution in [2.75, 3.05) is 0 Å². The number of hydrogen-bond acceptors (Lipinski definition) is 2. The minimum absolute atomic E-state index is 0.00331. The fraction of sp³-hybridized carbons (Fsp3) is 0.0625. The minimum atomic E-state index is 0.00331. The Labute approximate surface area is 118 Å². The SMILES string of the molecule is Cc1ccc2c(=O)c(-c3ccc(Br)cc3)coc2c1. The van der Waals surface area contributed by atoms with Gasteiger partial charge in [-0.25, -0.2) is 0 Å². The first-order valence-corrected chi connectivity index (χ1v) is 6.72. The van der Waals surface area contributed by atoms with Gasteiger partial charge in [0, 0.05) is 4.47 Å². The summed E-state index contributed by atoms with van der Waals surface area (Å²) in [5.74, 6) is 0. The zero-order valence-corrected chi connectivity index (χ0v) is 11.9. The molecule has 0 spiro atoms. The van der Waals surface area contributed by atoms with E-state index in [4.69, 9.17) is 4.42 Å². The molecule has 0 aliphatic carbocycles. The van der Waals surface area contributed by atoms with E-state index in [1.54, 1.807) is 0 Å².